The van der Waals surface area contributed by atoms with Gasteiger partial charge >= 0.3 is 0 Å². The smallest absolute Gasteiger partial charge is 0.221 e. The van der Waals surface area contributed by atoms with Crippen molar-refractivity contribution in [3.05, 3.63) is 113 Å². The highest BCUT2D eigenvalue weighted by atomic mass is 16.3. The number of nitriles is 2. The average Bonchev–Trinajstić information content (AvgIpc) is 3.23. The van der Waals surface area contributed by atoms with Crippen LogP contribution in [0.5, 0.6) is 0 Å². The third-order valence-corrected chi connectivity index (χ3v) is 11.4. The topological polar surface area (TPSA) is 132 Å². The predicted molar refractivity (Wildman–Crippen MR) is 248 cm³/mol. The van der Waals surface area contributed by atoms with Crippen LogP contribution >= 0.6 is 0 Å². The van der Waals surface area contributed by atoms with Crippen LogP contribution in [-0.2, 0) is 9.59 Å². The molecular formula is C51H52N6O3. The van der Waals surface area contributed by atoms with E-state index in [2.05, 4.69) is 96.7 Å². The van der Waals surface area contributed by atoms with Crippen LogP contribution in [0.1, 0.15) is 84.3 Å². The molecule has 304 valence electrons. The highest BCUT2D eigenvalue weighted by molar-refractivity contribution is 6.17. The van der Waals surface area contributed by atoms with E-state index >= 15 is 0 Å². The molecule has 6 aromatic rings. The number of fused-ring (bicyclic) bond motifs is 4. The fourth-order valence-electron chi connectivity index (χ4n) is 9.12. The monoisotopic (exact) mass is 796 g/mol. The van der Waals surface area contributed by atoms with Crippen molar-refractivity contribution in [2.75, 3.05) is 46.6 Å². The van der Waals surface area contributed by atoms with Gasteiger partial charge in [-0.15, -0.1) is 0 Å². The zero-order chi connectivity index (χ0) is 42.7. The number of nitrogens with zero attached hydrogens (tertiary/aromatic N) is 4. The van der Waals surface area contributed by atoms with Gasteiger partial charge in [-0.2, -0.15) is 10.5 Å². The quantitative estimate of drug-likeness (QED) is 0.0738. The van der Waals surface area contributed by atoms with Gasteiger partial charge < -0.3 is 25.5 Å². The van der Waals surface area contributed by atoms with Gasteiger partial charge in [0.1, 0.15) is 23.5 Å². The lowest BCUT2D eigenvalue weighted by atomic mass is 9.67. The number of hydrogen-bond donors (Lipinski definition) is 3. The molecule has 0 saturated carbocycles. The zero-order valence-electron chi connectivity index (χ0n) is 35.4. The Kier molecular flexibility index (Phi) is 12.1. The maximum atomic E-state index is 13.1. The van der Waals surface area contributed by atoms with Crippen molar-refractivity contribution in [2.24, 2.45) is 0 Å². The van der Waals surface area contributed by atoms with Gasteiger partial charge in [0, 0.05) is 84.6 Å². The number of rotatable bonds is 14. The van der Waals surface area contributed by atoms with Crippen molar-refractivity contribution in [2.45, 2.75) is 73.1 Å². The summed E-state index contributed by atoms with van der Waals surface area (Å²) in [6, 6.07) is 32.9. The lowest BCUT2D eigenvalue weighted by molar-refractivity contribution is -0.115. The van der Waals surface area contributed by atoms with E-state index in [1.54, 1.807) is 0 Å². The summed E-state index contributed by atoms with van der Waals surface area (Å²) < 4.78 is 0. The molecule has 1 atom stereocenters. The molecule has 0 heterocycles. The third kappa shape index (κ3) is 7.48. The molecule has 1 aliphatic carbocycles. The van der Waals surface area contributed by atoms with Crippen molar-refractivity contribution in [3.63, 3.8) is 0 Å². The van der Waals surface area contributed by atoms with Gasteiger partial charge in [-0.05, 0) is 100.0 Å². The molecule has 60 heavy (non-hydrogen) atoms. The molecule has 3 N–H and O–H groups in total. The molecule has 7 rings (SSSR count). The summed E-state index contributed by atoms with van der Waals surface area (Å²) in [5, 5.41) is 47.8. The molecule has 0 saturated heterocycles. The minimum atomic E-state index is -0.961. The third-order valence-electron chi connectivity index (χ3n) is 11.4. The van der Waals surface area contributed by atoms with Gasteiger partial charge in [0.25, 0.3) is 0 Å². The van der Waals surface area contributed by atoms with Crippen molar-refractivity contribution < 1.29 is 14.7 Å². The van der Waals surface area contributed by atoms with E-state index in [9.17, 15) is 25.2 Å². The van der Waals surface area contributed by atoms with Crippen molar-refractivity contribution >= 4 is 83.2 Å². The van der Waals surface area contributed by atoms with E-state index in [0.717, 1.165) is 106 Å². The molecule has 0 fully saturated rings. The Morgan fingerprint density at radius 3 is 1.45 bits per heavy atom. The van der Waals surface area contributed by atoms with Crippen molar-refractivity contribution in [1.82, 2.24) is 0 Å². The van der Waals surface area contributed by atoms with Crippen molar-refractivity contribution in [1.29, 1.82) is 10.5 Å². The number of aliphatic hydroxyl groups is 1. The molecule has 1 aliphatic rings. The van der Waals surface area contributed by atoms with Crippen LogP contribution in [0.4, 0.5) is 22.7 Å². The first-order chi connectivity index (χ1) is 29.1. The van der Waals surface area contributed by atoms with E-state index in [1.807, 2.05) is 48.5 Å². The maximum Gasteiger partial charge on any atom is 0.221 e. The van der Waals surface area contributed by atoms with Crippen LogP contribution in [0.25, 0.3) is 48.7 Å². The second kappa shape index (κ2) is 17.6. The molecule has 9 heteroatoms. The zero-order valence-corrected chi connectivity index (χ0v) is 35.4. The van der Waals surface area contributed by atoms with Crippen LogP contribution in [0.15, 0.2) is 102 Å². The molecule has 0 bridgehead atoms. The van der Waals surface area contributed by atoms with Crippen LogP contribution in [0.2, 0.25) is 0 Å². The van der Waals surface area contributed by atoms with E-state index in [1.165, 1.54) is 13.8 Å². The number of nitrogens with one attached hydrogen (secondary N) is 2. The molecule has 9 nitrogen and oxygen atoms in total. The average molecular weight is 797 g/mol. The highest BCUT2D eigenvalue weighted by Gasteiger charge is 2.44. The summed E-state index contributed by atoms with van der Waals surface area (Å²) in [4.78, 5) is 30.8. The number of allylic oxidation sites excluding steroid dienone is 3. The summed E-state index contributed by atoms with van der Waals surface area (Å²) in [5.74, 6) is -1.61. The first-order valence-corrected chi connectivity index (χ1v) is 21.1. The molecule has 0 radical (unpaired) electrons. The Morgan fingerprint density at radius 2 is 1.02 bits per heavy atom. The first kappa shape index (κ1) is 41.3. The van der Waals surface area contributed by atoms with Gasteiger partial charge in [-0.1, -0.05) is 76.2 Å². The number of aliphatic hydroxyl groups excluding tert-OH is 1. The number of carbonyl (C=O) groups is 2. The van der Waals surface area contributed by atoms with E-state index in [0.29, 0.717) is 33.6 Å². The summed E-state index contributed by atoms with van der Waals surface area (Å²) in [5.41, 5.74) is 4.45. The number of anilines is 4. The Hall–Kier alpha value is -6.84. The van der Waals surface area contributed by atoms with E-state index < -0.39 is 5.92 Å². The second-order valence-electron chi connectivity index (χ2n) is 15.7. The fourth-order valence-corrected chi connectivity index (χ4v) is 9.12. The van der Waals surface area contributed by atoms with Gasteiger partial charge in [0.2, 0.25) is 11.8 Å². The lowest BCUT2D eigenvalue weighted by Gasteiger charge is -2.38. The first-order valence-electron chi connectivity index (χ1n) is 21.1. The van der Waals surface area contributed by atoms with Gasteiger partial charge in [0.05, 0.1) is 11.6 Å². The Bertz CT molecular complexity index is 2810. The molecule has 6 aromatic carbocycles. The van der Waals surface area contributed by atoms with Crippen LogP contribution < -0.4 is 20.4 Å². The minimum Gasteiger partial charge on any atom is -0.511 e. The minimum absolute atomic E-state index is 0.0615. The molecule has 0 aromatic heterocycles. The van der Waals surface area contributed by atoms with Gasteiger partial charge in [-0.25, -0.2) is 0 Å². The van der Waals surface area contributed by atoms with Gasteiger partial charge in [-0.3, -0.25) is 9.59 Å². The number of amides is 2. The maximum absolute atomic E-state index is 13.1. The Morgan fingerprint density at radius 1 is 0.617 bits per heavy atom. The van der Waals surface area contributed by atoms with Crippen LogP contribution in [0.3, 0.4) is 0 Å². The SMILES string of the molecule is CCCN(CCC)c1cc(NC(C)=O)c(C2=C(O)C(c3c(NC(C)=O)cc(N(CCC)CCC)c4cc5ccccc5cc34)C2=C(C#N)C#N)c2cc3ccccc3cc12. The lowest BCUT2D eigenvalue weighted by Crippen LogP contribution is -2.28. The molecule has 2 amide bonds. The number of carbonyl (C=O) groups excluding carboxylic acids is 2. The molecular weight excluding hydrogens is 745 g/mol. The standard InChI is InChI=1S/C51H52N6O3/c1-7-19-56(20-8-2)44-27-42(54-31(5)58)47(40-25-35-17-13-11-15-33(35)23-38(40)44)49-46(37(29-52)30-53)50(51(49)60)48-41-26-36-18-14-12-16-34(36)24-39(41)45(28-43(48)55-32(6)59)57(21-9-3)22-10-4/h11-18,23-28,49,60H,7-10,19-22H2,1-6H3,(H,54,58)(H,55,59). The van der Waals surface area contributed by atoms with Crippen LogP contribution in [0, 0.1) is 22.7 Å². The van der Waals surface area contributed by atoms with Crippen LogP contribution in [-0.4, -0.2) is 43.1 Å². The van der Waals surface area contributed by atoms with E-state index in [-0.39, 0.29) is 23.1 Å². The Labute approximate surface area is 352 Å². The summed E-state index contributed by atoms with van der Waals surface area (Å²) in [7, 11) is 0. The molecule has 0 aliphatic heterocycles. The fraction of sp³-hybridized carbons (Fsp3) is 0.294. The van der Waals surface area contributed by atoms with Gasteiger partial charge in [0.15, 0.2) is 0 Å². The largest absolute Gasteiger partial charge is 0.511 e. The van der Waals surface area contributed by atoms with E-state index in [4.69, 9.17) is 0 Å². The summed E-state index contributed by atoms with van der Waals surface area (Å²) >= 11 is 0. The second-order valence-corrected chi connectivity index (χ2v) is 15.7. The highest BCUT2D eigenvalue weighted by Crippen LogP contribution is 2.59. The predicted octanol–water partition coefficient (Wildman–Crippen LogP) is 11.9. The summed E-state index contributed by atoms with van der Waals surface area (Å²) in [6.07, 6.45) is 3.65. The Balaban J connectivity index is 1.63. The number of hydrogen-bond acceptors (Lipinski definition) is 7. The molecule has 0 spiro atoms. The number of benzene rings is 6. The summed E-state index contributed by atoms with van der Waals surface area (Å²) in [6.45, 7) is 14.6. The molecule has 1 unspecified atom stereocenters. The van der Waals surface area contributed by atoms with Crippen molar-refractivity contribution in [3.8, 4) is 12.1 Å². The normalized spacial score (nSPS) is 13.6.